The summed E-state index contributed by atoms with van der Waals surface area (Å²) in [5.74, 6) is -8.07. The highest BCUT2D eigenvalue weighted by molar-refractivity contribution is 6.30. The molecule has 0 saturated carbocycles. The second-order valence-corrected chi connectivity index (χ2v) is 11.4. The fourth-order valence-corrected chi connectivity index (χ4v) is 5.16. The molecule has 0 aromatic heterocycles. The molecule has 2 aromatic carbocycles. The lowest BCUT2D eigenvalue weighted by Crippen LogP contribution is -2.69. The predicted molar refractivity (Wildman–Crippen MR) is 164 cm³/mol. The SMILES string of the molecule is CC(=O)N[C@H]1[C@H]([C@H](OC(C)=O)[C@@H](CNC(=O)c2ccc(Cl)cc2)OC(C)=O)O[C@@](OCc2ccc(Cl)cc2)(C(=O)O)C[C@@H]1OC(C)=O. The number of carbonyl (C=O) groups is 6. The normalized spacial score (nSPS) is 21.8. The highest BCUT2D eigenvalue weighted by atomic mass is 35.5. The number of esters is 3. The maximum absolute atomic E-state index is 12.9. The van der Waals surface area contributed by atoms with Gasteiger partial charge < -0.3 is 39.4 Å². The van der Waals surface area contributed by atoms with E-state index in [1.165, 1.54) is 24.3 Å². The van der Waals surface area contributed by atoms with Crippen LogP contribution in [0.1, 0.15) is 50.0 Å². The van der Waals surface area contributed by atoms with Crippen LogP contribution in [0.2, 0.25) is 10.0 Å². The Morgan fingerprint density at radius 3 is 1.98 bits per heavy atom. The van der Waals surface area contributed by atoms with Crippen LogP contribution in [0.15, 0.2) is 48.5 Å². The van der Waals surface area contributed by atoms with Crippen LogP contribution in [0.3, 0.4) is 0 Å². The summed E-state index contributed by atoms with van der Waals surface area (Å²) in [6, 6.07) is 10.8. The average molecular weight is 698 g/mol. The molecule has 3 rings (SSSR count). The van der Waals surface area contributed by atoms with E-state index < -0.39 is 84.9 Å². The Kier molecular flexibility index (Phi) is 13.1. The Bertz CT molecular complexity index is 1470. The van der Waals surface area contributed by atoms with Crippen LogP contribution in [-0.2, 0) is 54.3 Å². The quantitative estimate of drug-likeness (QED) is 0.205. The topological polar surface area (TPSA) is 193 Å². The van der Waals surface area contributed by atoms with Crippen molar-refractivity contribution in [2.45, 2.75) is 77.0 Å². The number of hydrogen-bond donors (Lipinski definition) is 3. The van der Waals surface area contributed by atoms with Crippen LogP contribution in [0.5, 0.6) is 0 Å². The van der Waals surface area contributed by atoms with Crippen molar-refractivity contribution in [3.8, 4) is 0 Å². The van der Waals surface area contributed by atoms with Gasteiger partial charge in [-0.05, 0) is 42.0 Å². The lowest BCUT2D eigenvalue weighted by molar-refractivity contribution is -0.315. The zero-order valence-electron chi connectivity index (χ0n) is 25.8. The summed E-state index contributed by atoms with van der Waals surface area (Å²) < 4.78 is 28.4. The first kappa shape index (κ1) is 37.2. The van der Waals surface area contributed by atoms with E-state index in [-0.39, 0.29) is 12.2 Å². The van der Waals surface area contributed by atoms with E-state index in [9.17, 15) is 33.9 Å². The second-order valence-electron chi connectivity index (χ2n) is 10.6. The lowest BCUT2D eigenvalue weighted by atomic mass is 9.87. The van der Waals surface area contributed by atoms with E-state index >= 15 is 0 Å². The molecular formula is C31H34Cl2N2O12. The van der Waals surface area contributed by atoms with Gasteiger partial charge in [-0.25, -0.2) is 4.79 Å². The van der Waals surface area contributed by atoms with Gasteiger partial charge in [-0.2, -0.15) is 0 Å². The molecule has 1 fully saturated rings. The van der Waals surface area contributed by atoms with Gasteiger partial charge in [0, 0.05) is 43.3 Å². The summed E-state index contributed by atoms with van der Waals surface area (Å²) in [5.41, 5.74) is 0.697. The number of aliphatic carboxylic acids is 1. The third kappa shape index (κ3) is 10.6. The van der Waals surface area contributed by atoms with Crippen molar-refractivity contribution in [1.82, 2.24) is 10.6 Å². The van der Waals surface area contributed by atoms with Gasteiger partial charge in [0.1, 0.15) is 12.2 Å². The first-order valence-corrected chi connectivity index (χ1v) is 15.0. The van der Waals surface area contributed by atoms with Crippen LogP contribution >= 0.6 is 23.2 Å². The molecule has 254 valence electrons. The average Bonchev–Trinajstić information content (AvgIpc) is 2.98. The molecule has 1 saturated heterocycles. The van der Waals surface area contributed by atoms with E-state index in [0.29, 0.717) is 15.6 Å². The Labute approximate surface area is 279 Å². The predicted octanol–water partition coefficient (Wildman–Crippen LogP) is 2.81. The maximum atomic E-state index is 12.9. The number of amides is 2. The number of nitrogens with one attached hydrogen (secondary N) is 2. The van der Waals surface area contributed by atoms with Crippen LogP contribution in [0, 0.1) is 0 Å². The van der Waals surface area contributed by atoms with Gasteiger partial charge >= 0.3 is 23.9 Å². The molecule has 14 nitrogen and oxygen atoms in total. The molecule has 0 unspecified atom stereocenters. The summed E-state index contributed by atoms with van der Waals surface area (Å²) in [6.07, 6.45) is -6.95. The Morgan fingerprint density at radius 2 is 1.47 bits per heavy atom. The number of ether oxygens (including phenoxy) is 5. The molecule has 0 aliphatic carbocycles. The third-order valence-corrected chi connectivity index (χ3v) is 7.33. The second kappa shape index (κ2) is 16.5. The van der Waals surface area contributed by atoms with Crippen molar-refractivity contribution < 1.29 is 57.6 Å². The summed E-state index contributed by atoms with van der Waals surface area (Å²) >= 11 is 11.9. The zero-order chi connectivity index (χ0) is 34.9. The van der Waals surface area contributed by atoms with Crippen molar-refractivity contribution in [3.05, 3.63) is 69.7 Å². The number of benzene rings is 2. The molecular weight excluding hydrogens is 663 g/mol. The fraction of sp³-hybridized carbons (Fsp3) is 0.419. The van der Waals surface area contributed by atoms with Gasteiger partial charge in [0.25, 0.3) is 11.7 Å². The van der Waals surface area contributed by atoms with E-state index in [1.807, 2.05) is 0 Å². The van der Waals surface area contributed by atoms with Crippen molar-refractivity contribution in [2.75, 3.05) is 6.54 Å². The van der Waals surface area contributed by atoms with Crippen LogP contribution in [0.25, 0.3) is 0 Å². The number of rotatable bonds is 13. The first-order chi connectivity index (χ1) is 22.1. The van der Waals surface area contributed by atoms with Crippen molar-refractivity contribution >= 4 is 58.9 Å². The molecule has 0 spiro atoms. The largest absolute Gasteiger partial charge is 0.477 e. The number of carbonyl (C=O) groups excluding carboxylic acids is 5. The molecule has 2 amide bonds. The molecule has 1 aliphatic rings. The molecule has 47 heavy (non-hydrogen) atoms. The molecule has 1 aliphatic heterocycles. The molecule has 2 aromatic rings. The smallest absolute Gasteiger partial charge is 0.364 e. The molecule has 6 atom stereocenters. The van der Waals surface area contributed by atoms with Crippen LogP contribution in [-0.4, -0.2) is 83.6 Å². The summed E-state index contributed by atoms with van der Waals surface area (Å²) in [4.78, 5) is 75.1. The highest BCUT2D eigenvalue weighted by Gasteiger charge is 2.58. The number of hydrogen-bond acceptors (Lipinski definition) is 11. The lowest BCUT2D eigenvalue weighted by Gasteiger charge is -2.48. The van der Waals surface area contributed by atoms with E-state index in [4.69, 9.17) is 46.9 Å². The fourth-order valence-electron chi connectivity index (χ4n) is 4.91. The third-order valence-electron chi connectivity index (χ3n) is 6.83. The molecule has 1 heterocycles. The molecule has 0 bridgehead atoms. The summed E-state index contributed by atoms with van der Waals surface area (Å²) in [6.45, 7) is 3.51. The van der Waals surface area contributed by atoms with Gasteiger partial charge in [-0.1, -0.05) is 35.3 Å². The first-order valence-electron chi connectivity index (χ1n) is 14.2. The summed E-state index contributed by atoms with van der Waals surface area (Å²) in [7, 11) is 0. The standard InChI is InChI=1S/C31H34Cl2N2O12/c1-16(36)35-26-24(44-17(2)37)13-31(30(41)42,43-15-20-5-9-22(32)10-6-20)47-28(26)27(46-19(4)39)25(45-18(3)38)14-34-29(40)21-7-11-23(33)12-8-21/h5-12,24-28H,13-15H2,1-4H3,(H,34,40)(H,35,36)(H,41,42)/t24-,25+,26+,27+,28+,31+/m0/s1. The van der Waals surface area contributed by atoms with Gasteiger partial charge in [0.2, 0.25) is 5.91 Å². The Balaban J connectivity index is 2.09. The van der Waals surface area contributed by atoms with Gasteiger partial charge in [0.05, 0.1) is 25.6 Å². The van der Waals surface area contributed by atoms with Gasteiger partial charge in [0.15, 0.2) is 12.2 Å². The number of carboxylic acid groups (broad SMARTS) is 1. The van der Waals surface area contributed by atoms with Gasteiger partial charge in [-0.15, -0.1) is 0 Å². The van der Waals surface area contributed by atoms with E-state index in [2.05, 4.69) is 10.6 Å². The van der Waals surface area contributed by atoms with E-state index in [0.717, 1.165) is 27.7 Å². The minimum absolute atomic E-state index is 0.195. The van der Waals surface area contributed by atoms with E-state index in [1.54, 1.807) is 24.3 Å². The van der Waals surface area contributed by atoms with Crippen LogP contribution < -0.4 is 10.6 Å². The van der Waals surface area contributed by atoms with Crippen molar-refractivity contribution in [2.24, 2.45) is 0 Å². The summed E-state index contributed by atoms with van der Waals surface area (Å²) in [5, 5.41) is 16.4. The highest BCUT2D eigenvalue weighted by Crippen LogP contribution is 2.37. The van der Waals surface area contributed by atoms with Crippen molar-refractivity contribution in [1.29, 1.82) is 0 Å². The molecule has 0 radical (unpaired) electrons. The number of halogens is 2. The molecule has 16 heteroatoms. The molecule has 3 N–H and O–H groups in total. The monoisotopic (exact) mass is 696 g/mol. The number of carboxylic acids is 1. The van der Waals surface area contributed by atoms with Gasteiger partial charge in [-0.3, -0.25) is 24.0 Å². The Hall–Kier alpha value is -4.24. The Morgan fingerprint density at radius 1 is 0.894 bits per heavy atom. The van der Waals surface area contributed by atoms with Crippen molar-refractivity contribution in [3.63, 3.8) is 0 Å². The van der Waals surface area contributed by atoms with Crippen LogP contribution in [0.4, 0.5) is 0 Å². The maximum Gasteiger partial charge on any atom is 0.364 e. The minimum Gasteiger partial charge on any atom is -0.477 e. The zero-order valence-corrected chi connectivity index (χ0v) is 27.3. The minimum atomic E-state index is -2.55.